The van der Waals surface area contributed by atoms with Crippen molar-refractivity contribution in [2.75, 3.05) is 6.79 Å². The molecule has 4 rings (SSSR count). The molecule has 1 saturated heterocycles. The Kier molecular flexibility index (Phi) is 4.63. The predicted molar refractivity (Wildman–Crippen MR) is 85.8 cm³/mol. The largest absolute Gasteiger partial charge is 0.454 e. The molecule has 3 atom stereocenters. The van der Waals surface area contributed by atoms with Crippen LogP contribution in [0.4, 0.5) is 17.6 Å². The molecule has 1 fully saturated rings. The van der Waals surface area contributed by atoms with Gasteiger partial charge < -0.3 is 14.6 Å². The number of ether oxygens (including phenoxy) is 2. The zero-order chi connectivity index (χ0) is 20.1. The Balaban J connectivity index is 1.51. The molecule has 1 aromatic rings. The minimum absolute atomic E-state index is 0.0700. The molecule has 3 heterocycles. The molecule has 1 amide bonds. The second-order valence-electron chi connectivity index (χ2n) is 6.64. The summed E-state index contributed by atoms with van der Waals surface area (Å²) in [6.07, 6.45) is -7.61. The van der Waals surface area contributed by atoms with Crippen LogP contribution in [-0.4, -0.2) is 53.1 Å². The van der Waals surface area contributed by atoms with Crippen molar-refractivity contribution in [1.29, 1.82) is 0 Å². The summed E-state index contributed by atoms with van der Waals surface area (Å²) in [5.74, 6) is 0.0799. The van der Waals surface area contributed by atoms with Crippen molar-refractivity contribution in [1.82, 2.24) is 15.9 Å². The Hall–Kier alpha value is -2.44. The molecule has 0 aromatic heterocycles. The van der Waals surface area contributed by atoms with E-state index in [-0.39, 0.29) is 24.3 Å². The number of nitrogens with zero attached hydrogens (tertiary/aromatic N) is 2. The first kappa shape index (κ1) is 18.9. The fourth-order valence-electron chi connectivity index (χ4n) is 3.34. The van der Waals surface area contributed by atoms with Crippen molar-refractivity contribution in [3.05, 3.63) is 23.8 Å². The highest BCUT2D eigenvalue weighted by Gasteiger charge is 2.54. The lowest BCUT2D eigenvalue weighted by Crippen LogP contribution is -2.56. The average Bonchev–Trinajstić information content (AvgIpc) is 3.38. The molecule has 3 aliphatic heterocycles. The third-order valence-electron chi connectivity index (χ3n) is 4.85. The molecule has 152 valence electrons. The van der Waals surface area contributed by atoms with E-state index in [1.165, 1.54) is 0 Å². The highest BCUT2D eigenvalue weighted by Crippen LogP contribution is 2.37. The van der Waals surface area contributed by atoms with E-state index >= 15 is 0 Å². The zero-order valence-corrected chi connectivity index (χ0v) is 14.2. The number of hydrogen-bond acceptors (Lipinski definition) is 7. The van der Waals surface area contributed by atoms with Crippen molar-refractivity contribution in [3.63, 3.8) is 0 Å². The minimum Gasteiger partial charge on any atom is -0.454 e. The van der Waals surface area contributed by atoms with E-state index in [4.69, 9.17) is 9.47 Å². The number of nitrogens with one attached hydrogen (secondary N) is 2. The summed E-state index contributed by atoms with van der Waals surface area (Å²) in [6, 6.07) is 3.72. The Morgan fingerprint density at radius 3 is 2.71 bits per heavy atom. The highest BCUT2D eigenvalue weighted by molar-refractivity contribution is 5.94. The van der Waals surface area contributed by atoms with Gasteiger partial charge in [-0.1, -0.05) is 6.07 Å². The highest BCUT2D eigenvalue weighted by atomic mass is 19.3. The molecular formula is C16H16F4N4O4. The summed E-state index contributed by atoms with van der Waals surface area (Å²) in [5.41, 5.74) is 2.18. The fourth-order valence-corrected chi connectivity index (χ4v) is 3.34. The van der Waals surface area contributed by atoms with E-state index in [0.29, 0.717) is 11.5 Å². The van der Waals surface area contributed by atoms with Crippen LogP contribution in [0.25, 0.3) is 0 Å². The van der Waals surface area contributed by atoms with Gasteiger partial charge in [0.15, 0.2) is 11.5 Å². The lowest BCUT2D eigenvalue weighted by atomic mass is 10.0. The second kappa shape index (κ2) is 6.87. The normalized spacial score (nSPS) is 29.1. The van der Waals surface area contributed by atoms with Crippen LogP contribution >= 0.6 is 0 Å². The molecule has 0 radical (unpaired) electrons. The summed E-state index contributed by atoms with van der Waals surface area (Å²) in [7, 11) is 0. The lowest BCUT2D eigenvalue weighted by molar-refractivity contribution is -0.193. The summed E-state index contributed by atoms with van der Waals surface area (Å²) in [5, 5.41) is 13.4. The number of halogens is 4. The van der Waals surface area contributed by atoms with E-state index in [0.717, 1.165) is 5.56 Å². The van der Waals surface area contributed by atoms with E-state index in [2.05, 4.69) is 16.0 Å². The van der Waals surface area contributed by atoms with Crippen molar-refractivity contribution < 1.29 is 36.9 Å². The molecule has 0 saturated carbocycles. The van der Waals surface area contributed by atoms with Gasteiger partial charge in [0.25, 0.3) is 18.8 Å². The van der Waals surface area contributed by atoms with Crippen LogP contribution < -0.4 is 20.3 Å². The number of rotatable bonds is 4. The summed E-state index contributed by atoms with van der Waals surface area (Å²) >= 11 is 0. The molecule has 3 N–H and O–H groups in total. The van der Waals surface area contributed by atoms with Crippen LogP contribution in [0.3, 0.4) is 0 Å². The Labute approximate surface area is 156 Å². The van der Waals surface area contributed by atoms with Crippen LogP contribution in [0.1, 0.15) is 24.4 Å². The first-order valence-electron chi connectivity index (χ1n) is 8.40. The maximum Gasteiger partial charge on any atom is 0.287 e. The van der Waals surface area contributed by atoms with Gasteiger partial charge in [-0.15, -0.1) is 0 Å². The molecule has 28 heavy (non-hydrogen) atoms. The van der Waals surface area contributed by atoms with Gasteiger partial charge in [-0.3, -0.25) is 4.79 Å². The number of benzene rings is 1. The van der Waals surface area contributed by atoms with E-state index in [1.54, 1.807) is 18.2 Å². The number of carbonyl (C=O) groups is 1. The van der Waals surface area contributed by atoms with Crippen LogP contribution in [0.15, 0.2) is 23.3 Å². The number of hydrazone groups is 1. The van der Waals surface area contributed by atoms with Crippen LogP contribution in [-0.2, 0) is 4.79 Å². The van der Waals surface area contributed by atoms with Crippen LogP contribution in [0.2, 0.25) is 0 Å². The molecule has 0 bridgehead atoms. The maximum absolute atomic E-state index is 13.3. The SMILES string of the molecule is O=C(C1CC(c2ccc3c(c2)OCO3)NN1)N1N=C(C(F)F)CC1(O)C(F)F. The van der Waals surface area contributed by atoms with E-state index in [1.807, 2.05) is 0 Å². The maximum atomic E-state index is 13.3. The van der Waals surface area contributed by atoms with E-state index in [9.17, 15) is 27.5 Å². The van der Waals surface area contributed by atoms with Crippen molar-refractivity contribution in [3.8, 4) is 11.5 Å². The van der Waals surface area contributed by atoms with Crippen molar-refractivity contribution in [2.24, 2.45) is 5.10 Å². The molecule has 0 aliphatic carbocycles. The zero-order valence-electron chi connectivity index (χ0n) is 14.2. The summed E-state index contributed by atoms with van der Waals surface area (Å²) < 4.78 is 62.9. The Bertz CT molecular complexity index is 824. The average molecular weight is 404 g/mol. The molecule has 8 nitrogen and oxygen atoms in total. The third-order valence-corrected chi connectivity index (χ3v) is 4.85. The van der Waals surface area contributed by atoms with Crippen LogP contribution in [0, 0.1) is 0 Å². The second-order valence-corrected chi connectivity index (χ2v) is 6.64. The molecular weight excluding hydrogens is 388 g/mol. The number of hydrogen-bond donors (Lipinski definition) is 3. The Morgan fingerprint density at radius 2 is 2.00 bits per heavy atom. The fraction of sp³-hybridized carbons (Fsp3) is 0.500. The van der Waals surface area contributed by atoms with Gasteiger partial charge in [0.2, 0.25) is 12.5 Å². The number of aliphatic hydroxyl groups is 1. The molecule has 1 aromatic carbocycles. The van der Waals surface area contributed by atoms with Gasteiger partial charge in [-0.2, -0.15) is 10.1 Å². The van der Waals surface area contributed by atoms with Gasteiger partial charge in [-0.25, -0.2) is 28.4 Å². The topological polar surface area (TPSA) is 95.4 Å². The third kappa shape index (κ3) is 3.06. The molecule has 12 heteroatoms. The molecule has 3 aliphatic rings. The van der Waals surface area contributed by atoms with Gasteiger partial charge in [0.05, 0.1) is 0 Å². The quantitative estimate of drug-likeness (QED) is 0.652. The first-order chi connectivity index (χ1) is 13.3. The number of alkyl halides is 4. The van der Waals surface area contributed by atoms with Crippen molar-refractivity contribution in [2.45, 2.75) is 43.5 Å². The van der Waals surface area contributed by atoms with E-state index < -0.39 is 42.7 Å². The van der Waals surface area contributed by atoms with Gasteiger partial charge in [0.1, 0.15) is 11.8 Å². The minimum atomic E-state index is -3.46. The predicted octanol–water partition coefficient (Wildman–Crippen LogP) is 1.13. The Morgan fingerprint density at radius 1 is 1.25 bits per heavy atom. The lowest BCUT2D eigenvalue weighted by Gasteiger charge is -2.31. The molecule has 3 unspecified atom stereocenters. The standard InChI is InChI=1S/C16H16F4N4O4/c17-13(18)10-5-16(26,15(19)20)24(23-10)14(25)9-4-8(21-22-9)7-1-2-11-12(3-7)28-6-27-11/h1-3,8-9,13,15,21-22,26H,4-6H2. The summed E-state index contributed by atoms with van der Waals surface area (Å²) in [4.78, 5) is 12.6. The number of amides is 1. The van der Waals surface area contributed by atoms with Gasteiger partial charge in [-0.05, 0) is 24.1 Å². The first-order valence-corrected chi connectivity index (χ1v) is 8.40. The van der Waals surface area contributed by atoms with Crippen molar-refractivity contribution >= 4 is 11.6 Å². The van der Waals surface area contributed by atoms with Gasteiger partial charge in [0, 0.05) is 12.5 Å². The smallest absolute Gasteiger partial charge is 0.287 e. The monoisotopic (exact) mass is 404 g/mol. The number of hydrazine groups is 1. The number of fused-ring (bicyclic) bond motifs is 1. The van der Waals surface area contributed by atoms with Crippen LogP contribution in [0.5, 0.6) is 11.5 Å². The summed E-state index contributed by atoms with van der Waals surface area (Å²) in [6.45, 7) is 0.0991. The molecule has 0 spiro atoms. The van der Waals surface area contributed by atoms with Gasteiger partial charge >= 0.3 is 0 Å². The number of carbonyl (C=O) groups excluding carboxylic acids is 1.